The number of amidine groups is 1. The van der Waals surface area contributed by atoms with Crippen LogP contribution in [0.3, 0.4) is 0 Å². The first kappa shape index (κ1) is 15.2. The van der Waals surface area contributed by atoms with E-state index in [1.807, 2.05) is 6.92 Å². The molecule has 0 bridgehead atoms. The van der Waals surface area contributed by atoms with E-state index in [4.69, 9.17) is 10.9 Å². The van der Waals surface area contributed by atoms with Crippen LogP contribution >= 0.6 is 0 Å². The summed E-state index contributed by atoms with van der Waals surface area (Å²) in [6.07, 6.45) is 3.23. The van der Waals surface area contributed by atoms with Gasteiger partial charge in [-0.2, -0.15) is 10.2 Å². The number of carbonyl (C=O) groups is 1. The molecule has 1 saturated carbocycles. The molecule has 0 saturated heterocycles. The quantitative estimate of drug-likeness (QED) is 0.331. The number of hydrogen-bond donors (Lipinski definition) is 3. The molecule has 0 aromatic carbocycles. The van der Waals surface area contributed by atoms with E-state index in [2.05, 4.69) is 20.7 Å². The zero-order valence-electron chi connectivity index (χ0n) is 12.3. The van der Waals surface area contributed by atoms with Crippen molar-refractivity contribution in [3.8, 4) is 0 Å². The van der Waals surface area contributed by atoms with Crippen molar-refractivity contribution >= 4 is 11.7 Å². The molecule has 7 heteroatoms. The molecule has 2 rings (SSSR count). The van der Waals surface area contributed by atoms with Crippen LogP contribution in [0.5, 0.6) is 0 Å². The molecule has 1 aromatic heterocycles. The van der Waals surface area contributed by atoms with Crippen LogP contribution in [-0.4, -0.2) is 33.2 Å². The van der Waals surface area contributed by atoms with Crippen molar-refractivity contribution in [1.82, 2.24) is 15.5 Å². The Kier molecular flexibility index (Phi) is 4.72. The second kappa shape index (κ2) is 6.51. The van der Waals surface area contributed by atoms with E-state index in [1.54, 1.807) is 13.0 Å². The summed E-state index contributed by atoms with van der Waals surface area (Å²) in [6, 6.07) is 1.64. The summed E-state index contributed by atoms with van der Waals surface area (Å²) in [4.78, 5) is 12.5. The molecule has 1 amide bonds. The Morgan fingerprint density at radius 2 is 2.29 bits per heavy atom. The molecule has 114 valence electrons. The van der Waals surface area contributed by atoms with Crippen LogP contribution in [0.1, 0.15) is 47.9 Å². The van der Waals surface area contributed by atoms with Gasteiger partial charge in [0, 0.05) is 12.0 Å². The number of nitrogens with one attached hydrogen (secondary N) is 1. The molecule has 1 fully saturated rings. The molecule has 7 nitrogen and oxygen atoms in total. The van der Waals surface area contributed by atoms with Crippen LogP contribution in [0, 0.1) is 12.8 Å². The third kappa shape index (κ3) is 3.29. The van der Waals surface area contributed by atoms with Crippen molar-refractivity contribution < 1.29 is 10.0 Å². The lowest BCUT2D eigenvalue weighted by Crippen LogP contribution is -2.42. The molecule has 1 aromatic rings. The third-order valence-corrected chi connectivity index (χ3v) is 3.90. The summed E-state index contributed by atoms with van der Waals surface area (Å²) < 4.78 is 0. The molecule has 2 unspecified atom stereocenters. The number of nitrogens with zero attached hydrogens (tertiary/aromatic N) is 3. The van der Waals surface area contributed by atoms with E-state index in [9.17, 15) is 4.79 Å². The first-order valence-electron chi connectivity index (χ1n) is 7.18. The number of aryl methyl sites for hydroxylation is 2. The predicted molar refractivity (Wildman–Crippen MR) is 78.2 cm³/mol. The maximum atomic E-state index is 12.5. The smallest absolute Gasteiger partial charge is 0.253 e. The molecular weight excluding hydrogens is 270 g/mol. The van der Waals surface area contributed by atoms with Gasteiger partial charge in [-0.3, -0.25) is 4.79 Å². The maximum absolute atomic E-state index is 12.5. The summed E-state index contributed by atoms with van der Waals surface area (Å²) in [5, 5.41) is 22.9. The SMILES string of the molecule is CCc1nnc(C)cc1C(=O)NC1CCCC1C(N)=NO. The normalized spacial score (nSPS) is 22.3. The Morgan fingerprint density at radius 3 is 2.95 bits per heavy atom. The molecule has 2 atom stereocenters. The topological polar surface area (TPSA) is 113 Å². The number of hydrogen-bond acceptors (Lipinski definition) is 5. The van der Waals surface area contributed by atoms with Gasteiger partial charge in [-0.25, -0.2) is 0 Å². The summed E-state index contributed by atoms with van der Waals surface area (Å²) in [6.45, 7) is 3.74. The lowest BCUT2D eigenvalue weighted by atomic mass is 10.0. The van der Waals surface area contributed by atoms with Gasteiger partial charge in [-0.05, 0) is 32.3 Å². The van der Waals surface area contributed by atoms with Crippen molar-refractivity contribution in [3.05, 3.63) is 23.0 Å². The molecule has 21 heavy (non-hydrogen) atoms. The second-order valence-corrected chi connectivity index (χ2v) is 5.34. The minimum absolute atomic E-state index is 0.105. The van der Waals surface area contributed by atoms with Crippen molar-refractivity contribution in [1.29, 1.82) is 0 Å². The summed E-state index contributed by atoms with van der Waals surface area (Å²) in [5.41, 5.74) is 7.62. The highest BCUT2D eigenvalue weighted by Crippen LogP contribution is 2.26. The van der Waals surface area contributed by atoms with Gasteiger partial charge in [-0.1, -0.05) is 18.5 Å². The van der Waals surface area contributed by atoms with E-state index < -0.39 is 0 Å². The van der Waals surface area contributed by atoms with Gasteiger partial charge in [0.25, 0.3) is 5.91 Å². The van der Waals surface area contributed by atoms with Crippen LogP contribution in [0.2, 0.25) is 0 Å². The van der Waals surface area contributed by atoms with E-state index in [0.29, 0.717) is 23.4 Å². The largest absolute Gasteiger partial charge is 0.409 e. The standard InChI is InChI=1S/C14H21N5O2/c1-3-11-10(7-8(2)17-18-11)14(20)16-12-6-4-5-9(12)13(15)19-21/h7,9,12,21H,3-6H2,1-2H3,(H2,15,19)(H,16,20). The minimum atomic E-state index is -0.174. The molecule has 0 radical (unpaired) electrons. The van der Waals surface area contributed by atoms with Gasteiger partial charge in [-0.15, -0.1) is 0 Å². The highest BCUT2D eigenvalue weighted by Gasteiger charge is 2.32. The van der Waals surface area contributed by atoms with E-state index in [0.717, 1.165) is 19.3 Å². The zero-order valence-corrected chi connectivity index (χ0v) is 12.3. The highest BCUT2D eigenvalue weighted by atomic mass is 16.4. The van der Waals surface area contributed by atoms with Crippen LogP contribution in [-0.2, 0) is 6.42 Å². The first-order valence-corrected chi connectivity index (χ1v) is 7.18. The average molecular weight is 291 g/mol. The Bertz CT molecular complexity index is 558. The van der Waals surface area contributed by atoms with Gasteiger partial charge in [0.1, 0.15) is 5.84 Å². The van der Waals surface area contributed by atoms with Gasteiger partial charge >= 0.3 is 0 Å². The van der Waals surface area contributed by atoms with Crippen LogP contribution in [0.15, 0.2) is 11.2 Å². The summed E-state index contributed by atoms with van der Waals surface area (Å²) in [5.74, 6) is -0.107. The van der Waals surface area contributed by atoms with Crippen molar-refractivity contribution in [3.63, 3.8) is 0 Å². The Hall–Kier alpha value is -2.18. The Labute approximate surface area is 123 Å². The maximum Gasteiger partial charge on any atom is 0.253 e. The number of nitrogens with two attached hydrogens (primary N) is 1. The molecule has 0 spiro atoms. The Balaban J connectivity index is 2.16. The fourth-order valence-electron chi connectivity index (χ4n) is 2.78. The second-order valence-electron chi connectivity index (χ2n) is 5.34. The Morgan fingerprint density at radius 1 is 1.52 bits per heavy atom. The number of rotatable bonds is 4. The molecule has 4 N–H and O–H groups in total. The minimum Gasteiger partial charge on any atom is -0.409 e. The molecule has 1 heterocycles. The van der Waals surface area contributed by atoms with Crippen molar-refractivity contribution in [2.24, 2.45) is 16.8 Å². The monoisotopic (exact) mass is 291 g/mol. The van der Waals surface area contributed by atoms with Crippen LogP contribution < -0.4 is 11.1 Å². The fraction of sp³-hybridized carbons (Fsp3) is 0.571. The molecule has 1 aliphatic carbocycles. The van der Waals surface area contributed by atoms with E-state index >= 15 is 0 Å². The highest BCUT2D eigenvalue weighted by molar-refractivity contribution is 5.96. The van der Waals surface area contributed by atoms with E-state index in [-0.39, 0.29) is 23.7 Å². The van der Waals surface area contributed by atoms with Crippen molar-refractivity contribution in [2.45, 2.75) is 45.6 Å². The fourth-order valence-corrected chi connectivity index (χ4v) is 2.78. The van der Waals surface area contributed by atoms with Gasteiger partial charge in [0.05, 0.1) is 17.0 Å². The molecule has 1 aliphatic rings. The predicted octanol–water partition coefficient (Wildman–Crippen LogP) is 0.992. The number of aromatic nitrogens is 2. The molecular formula is C14H21N5O2. The van der Waals surface area contributed by atoms with Gasteiger partial charge in [0.2, 0.25) is 0 Å². The van der Waals surface area contributed by atoms with Gasteiger partial charge in [0.15, 0.2) is 0 Å². The van der Waals surface area contributed by atoms with E-state index in [1.165, 1.54) is 0 Å². The van der Waals surface area contributed by atoms with Gasteiger partial charge < -0.3 is 16.3 Å². The van der Waals surface area contributed by atoms with Crippen LogP contribution in [0.4, 0.5) is 0 Å². The summed E-state index contributed by atoms with van der Waals surface area (Å²) in [7, 11) is 0. The lowest BCUT2D eigenvalue weighted by molar-refractivity contribution is 0.0931. The number of carbonyl (C=O) groups excluding carboxylic acids is 1. The zero-order chi connectivity index (χ0) is 15.4. The van der Waals surface area contributed by atoms with Crippen LogP contribution in [0.25, 0.3) is 0 Å². The van der Waals surface area contributed by atoms with Crippen molar-refractivity contribution in [2.75, 3.05) is 0 Å². The first-order chi connectivity index (χ1) is 10.1. The average Bonchev–Trinajstić information content (AvgIpc) is 2.94. The third-order valence-electron chi connectivity index (χ3n) is 3.90. The lowest BCUT2D eigenvalue weighted by Gasteiger charge is -2.20. The summed E-state index contributed by atoms with van der Waals surface area (Å²) >= 11 is 0. The number of oxime groups is 1. The number of amides is 1. The molecule has 0 aliphatic heterocycles.